The molecule has 1 heterocycles. The van der Waals surface area contributed by atoms with Crippen LogP contribution >= 0.6 is 0 Å². The molecular formula is C15H20F2N2O. The second-order valence-corrected chi connectivity index (χ2v) is 5.37. The van der Waals surface area contributed by atoms with Crippen LogP contribution in [0.4, 0.5) is 8.78 Å². The molecule has 1 N–H and O–H groups in total. The third-order valence-corrected chi connectivity index (χ3v) is 3.80. The van der Waals surface area contributed by atoms with E-state index in [9.17, 15) is 13.6 Å². The number of likely N-dealkylation sites (tertiary alicyclic amines) is 1. The number of piperidine rings is 1. The third kappa shape index (κ3) is 2.98. The molecule has 0 radical (unpaired) electrons. The molecule has 1 aliphatic rings. The highest BCUT2D eigenvalue weighted by molar-refractivity contribution is 5.95. The van der Waals surface area contributed by atoms with E-state index in [1.54, 1.807) is 4.90 Å². The Bertz CT molecular complexity index is 503. The zero-order valence-electron chi connectivity index (χ0n) is 11.9. The zero-order valence-corrected chi connectivity index (χ0v) is 11.9. The van der Waals surface area contributed by atoms with Crippen LogP contribution in [-0.2, 0) is 0 Å². The molecule has 0 spiro atoms. The van der Waals surface area contributed by atoms with Crippen molar-refractivity contribution < 1.29 is 13.6 Å². The molecule has 110 valence electrons. The van der Waals surface area contributed by atoms with E-state index in [2.05, 4.69) is 5.32 Å². The van der Waals surface area contributed by atoms with Crippen molar-refractivity contribution >= 4 is 5.91 Å². The maximum absolute atomic E-state index is 14.0. The highest BCUT2D eigenvalue weighted by Crippen LogP contribution is 2.22. The third-order valence-electron chi connectivity index (χ3n) is 3.80. The Morgan fingerprint density at radius 2 is 2.20 bits per heavy atom. The largest absolute Gasteiger partial charge is 0.338 e. The van der Waals surface area contributed by atoms with Crippen LogP contribution in [0.3, 0.4) is 0 Å². The van der Waals surface area contributed by atoms with Gasteiger partial charge in [-0.2, -0.15) is 0 Å². The Hall–Kier alpha value is -1.49. The molecule has 20 heavy (non-hydrogen) atoms. The van der Waals surface area contributed by atoms with Crippen molar-refractivity contribution in [2.75, 3.05) is 26.7 Å². The minimum Gasteiger partial charge on any atom is -0.338 e. The first-order valence-corrected chi connectivity index (χ1v) is 6.93. The van der Waals surface area contributed by atoms with Gasteiger partial charge in [0, 0.05) is 13.1 Å². The predicted molar refractivity (Wildman–Crippen MR) is 73.6 cm³/mol. The lowest BCUT2D eigenvalue weighted by atomic mass is 9.97. The van der Waals surface area contributed by atoms with Gasteiger partial charge in [0.2, 0.25) is 0 Å². The van der Waals surface area contributed by atoms with Gasteiger partial charge >= 0.3 is 0 Å². The summed E-state index contributed by atoms with van der Waals surface area (Å²) in [4.78, 5) is 13.9. The lowest BCUT2D eigenvalue weighted by Gasteiger charge is -2.33. The average Bonchev–Trinajstić information content (AvgIpc) is 2.44. The van der Waals surface area contributed by atoms with Crippen LogP contribution in [0.1, 0.15) is 28.8 Å². The molecule has 1 aliphatic heterocycles. The van der Waals surface area contributed by atoms with Gasteiger partial charge in [0.15, 0.2) is 0 Å². The van der Waals surface area contributed by atoms with Crippen molar-refractivity contribution in [2.24, 2.45) is 5.92 Å². The van der Waals surface area contributed by atoms with Crippen LogP contribution in [-0.4, -0.2) is 37.5 Å². The van der Waals surface area contributed by atoms with E-state index in [-0.39, 0.29) is 0 Å². The van der Waals surface area contributed by atoms with Crippen LogP contribution in [0.15, 0.2) is 12.1 Å². The number of aryl methyl sites for hydroxylation is 1. The minimum absolute atomic E-state index is 0.290. The lowest BCUT2D eigenvalue weighted by Crippen LogP contribution is -2.43. The van der Waals surface area contributed by atoms with Crippen molar-refractivity contribution in [1.29, 1.82) is 0 Å². The number of hydrogen-bond acceptors (Lipinski definition) is 2. The average molecular weight is 282 g/mol. The highest BCUT2D eigenvalue weighted by Gasteiger charge is 2.28. The summed E-state index contributed by atoms with van der Waals surface area (Å²) in [6.45, 7) is 3.45. The predicted octanol–water partition coefficient (Wildman–Crippen LogP) is 2.34. The monoisotopic (exact) mass is 282 g/mol. The van der Waals surface area contributed by atoms with E-state index in [0.717, 1.165) is 25.5 Å². The van der Waals surface area contributed by atoms with Crippen LogP contribution in [0.2, 0.25) is 0 Å². The van der Waals surface area contributed by atoms with Crippen molar-refractivity contribution in [3.8, 4) is 0 Å². The number of benzene rings is 1. The van der Waals surface area contributed by atoms with Gasteiger partial charge in [-0.15, -0.1) is 0 Å². The first-order chi connectivity index (χ1) is 9.54. The van der Waals surface area contributed by atoms with Crippen LogP contribution in [0, 0.1) is 24.5 Å². The maximum Gasteiger partial charge on any atom is 0.259 e. The van der Waals surface area contributed by atoms with Crippen molar-refractivity contribution in [3.05, 3.63) is 34.9 Å². The zero-order chi connectivity index (χ0) is 14.7. The summed E-state index contributed by atoms with van der Waals surface area (Å²) < 4.78 is 27.8. The quantitative estimate of drug-likeness (QED) is 0.923. The summed E-state index contributed by atoms with van der Waals surface area (Å²) in [5, 5.41) is 3.08. The summed E-state index contributed by atoms with van der Waals surface area (Å²) in [6, 6.07) is 2.50. The number of halogens is 2. The van der Waals surface area contributed by atoms with Gasteiger partial charge in [0.05, 0.1) is 0 Å². The maximum atomic E-state index is 14.0. The Kier molecular flexibility index (Phi) is 4.70. The molecule has 5 heteroatoms. The lowest BCUT2D eigenvalue weighted by molar-refractivity contribution is 0.0664. The molecule has 1 saturated heterocycles. The van der Waals surface area contributed by atoms with E-state index in [4.69, 9.17) is 0 Å². The number of nitrogens with one attached hydrogen (secondary N) is 1. The van der Waals surface area contributed by atoms with Gasteiger partial charge < -0.3 is 10.2 Å². The van der Waals surface area contributed by atoms with Crippen LogP contribution < -0.4 is 5.32 Å². The molecule has 0 aromatic heterocycles. The summed E-state index contributed by atoms with van der Waals surface area (Å²) in [5.41, 5.74) is -0.131. The van der Waals surface area contributed by atoms with Crippen LogP contribution in [0.5, 0.6) is 0 Å². The van der Waals surface area contributed by atoms with E-state index >= 15 is 0 Å². The molecular weight excluding hydrogens is 262 g/mol. The number of amides is 1. The number of nitrogens with zero attached hydrogens (tertiary/aromatic N) is 1. The van der Waals surface area contributed by atoms with Crippen molar-refractivity contribution in [3.63, 3.8) is 0 Å². The number of carbonyl (C=O) groups excluding carboxylic acids is 1. The fourth-order valence-electron chi connectivity index (χ4n) is 2.72. The van der Waals surface area contributed by atoms with Gasteiger partial charge in [-0.1, -0.05) is 6.07 Å². The molecule has 1 unspecified atom stereocenters. The topological polar surface area (TPSA) is 32.3 Å². The second-order valence-electron chi connectivity index (χ2n) is 5.37. The summed E-state index contributed by atoms with van der Waals surface area (Å²) in [6.07, 6.45) is 1.90. The fraction of sp³-hybridized carbons (Fsp3) is 0.533. The molecule has 0 aliphatic carbocycles. The van der Waals surface area contributed by atoms with E-state index in [1.165, 1.54) is 13.0 Å². The smallest absolute Gasteiger partial charge is 0.259 e. The summed E-state index contributed by atoms with van der Waals surface area (Å²) in [7, 11) is 1.86. The number of rotatable bonds is 3. The Labute approximate surface area is 118 Å². The molecule has 0 bridgehead atoms. The molecule has 3 nitrogen and oxygen atoms in total. The Morgan fingerprint density at radius 3 is 2.90 bits per heavy atom. The molecule has 1 aromatic carbocycles. The van der Waals surface area contributed by atoms with Crippen molar-refractivity contribution in [2.45, 2.75) is 19.8 Å². The summed E-state index contributed by atoms with van der Waals surface area (Å²) in [5.74, 6) is -1.72. The highest BCUT2D eigenvalue weighted by atomic mass is 19.1. The normalized spacial score (nSPS) is 19.2. The molecule has 2 rings (SSSR count). The number of carbonyl (C=O) groups is 1. The first kappa shape index (κ1) is 14.9. The van der Waals surface area contributed by atoms with Crippen molar-refractivity contribution in [1.82, 2.24) is 10.2 Å². The van der Waals surface area contributed by atoms with E-state index < -0.39 is 23.1 Å². The molecule has 1 aromatic rings. The van der Waals surface area contributed by atoms with E-state index in [1.807, 2.05) is 7.05 Å². The molecule has 1 atom stereocenters. The SMILES string of the molecule is CNCC1CCCN(C(=O)c2c(F)ccc(C)c2F)C1. The Balaban J connectivity index is 2.21. The molecule has 0 saturated carbocycles. The van der Waals surface area contributed by atoms with Gasteiger partial charge in [0.1, 0.15) is 17.2 Å². The van der Waals surface area contributed by atoms with Gasteiger partial charge in [-0.3, -0.25) is 4.79 Å². The standard InChI is InChI=1S/C15H20F2N2O/c1-10-5-6-12(16)13(14(10)17)15(20)19-7-3-4-11(9-19)8-18-2/h5-6,11,18H,3-4,7-9H2,1-2H3. The van der Waals surface area contributed by atoms with Gasteiger partial charge in [0.25, 0.3) is 5.91 Å². The van der Waals surface area contributed by atoms with Crippen LogP contribution in [0.25, 0.3) is 0 Å². The van der Waals surface area contributed by atoms with Gasteiger partial charge in [-0.05, 0) is 50.9 Å². The first-order valence-electron chi connectivity index (χ1n) is 6.93. The second kappa shape index (κ2) is 6.31. The summed E-state index contributed by atoms with van der Waals surface area (Å²) >= 11 is 0. The van der Waals surface area contributed by atoms with Gasteiger partial charge in [-0.25, -0.2) is 8.78 Å². The van der Waals surface area contributed by atoms with E-state index in [0.29, 0.717) is 24.6 Å². The molecule has 1 fully saturated rings. The Morgan fingerprint density at radius 1 is 1.45 bits per heavy atom. The number of hydrogen-bond donors (Lipinski definition) is 1. The minimum atomic E-state index is -0.783. The fourth-order valence-corrected chi connectivity index (χ4v) is 2.72. The molecule has 1 amide bonds.